The highest BCUT2D eigenvalue weighted by Crippen LogP contribution is 2.39. The molecule has 3 aromatic heterocycles. The lowest BCUT2D eigenvalue weighted by Crippen LogP contribution is -2.40. The largest absolute Gasteiger partial charge is 0.481 e. The van der Waals surface area contributed by atoms with Gasteiger partial charge in [0, 0.05) is 36.6 Å². The third-order valence-electron chi connectivity index (χ3n) is 7.20. The molecule has 0 unspecified atom stereocenters. The van der Waals surface area contributed by atoms with E-state index in [1.165, 1.54) is 16.5 Å². The quantitative estimate of drug-likeness (QED) is 0.451. The highest BCUT2D eigenvalue weighted by Gasteiger charge is 2.24. The van der Waals surface area contributed by atoms with Crippen LogP contribution < -0.4 is 4.74 Å². The number of benzene rings is 1. The number of hydrogen-bond donors (Lipinski definition) is 1. The number of methoxy groups -OCH3 is 1. The second kappa shape index (κ2) is 9.34. The minimum Gasteiger partial charge on any atom is -0.481 e. The Morgan fingerprint density at radius 2 is 1.97 bits per heavy atom. The fourth-order valence-electron chi connectivity index (χ4n) is 5.25. The topological polar surface area (TPSA) is 78.8 Å². The average molecular weight is 475 g/mol. The summed E-state index contributed by atoms with van der Waals surface area (Å²) < 4.78 is 7.29. The third kappa shape index (κ3) is 4.38. The molecule has 4 aromatic rings. The van der Waals surface area contributed by atoms with Crippen LogP contribution in [0.4, 0.5) is 0 Å². The SMILES string of the molecule is COc1cc(-c2[nH]c3ccc(C4CCN(CC(=O)N(C)C)CC4)cc3c2C(C)C)cc2ncnn12. The average Bonchev–Trinajstić information content (AvgIpc) is 3.48. The Morgan fingerprint density at radius 1 is 1.20 bits per heavy atom. The molecule has 1 aliphatic rings. The Morgan fingerprint density at radius 3 is 2.66 bits per heavy atom. The lowest BCUT2D eigenvalue weighted by molar-refractivity contribution is -0.130. The van der Waals surface area contributed by atoms with Gasteiger partial charge in [-0.2, -0.15) is 9.61 Å². The molecule has 1 fully saturated rings. The predicted molar refractivity (Wildman–Crippen MR) is 138 cm³/mol. The molecule has 4 heterocycles. The maximum Gasteiger partial charge on any atom is 0.236 e. The number of nitrogens with zero attached hydrogens (tertiary/aromatic N) is 5. The third-order valence-corrected chi connectivity index (χ3v) is 7.20. The number of fused-ring (bicyclic) bond motifs is 2. The van der Waals surface area contributed by atoms with Gasteiger partial charge in [0.1, 0.15) is 6.33 Å². The Hall–Kier alpha value is -3.39. The Balaban J connectivity index is 1.47. The number of ether oxygens (including phenoxy) is 1. The van der Waals surface area contributed by atoms with Crippen LogP contribution in [0.2, 0.25) is 0 Å². The number of carbonyl (C=O) groups excluding carboxylic acids is 1. The van der Waals surface area contributed by atoms with E-state index in [2.05, 4.69) is 58.1 Å². The predicted octanol–water partition coefficient (Wildman–Crippen LogP) is 4.28. The molecule has 5 rings (SSSR count). The van der Waals surface area contributed by atoms with Crippen molar-refractivity contribution in [3.63, 3.8) is 0 Å². The number of aromatic amines is 1. The molecule has 184 valence electrons. The summed E-state index contributed by atoms with van der Waals surface area (Å²) in [5.41, 5.74) is 6.74. The summed E-state index contributed by atoms with van der Waals surface area (Å²) in [6.07, 6.45) is 3.69. The van der Waals surface area contributed by atoms with Gasteiger partial charge in [0.15, 0.2) is 5.65 Å². The number of hydrogen-bond acceptors (Lipinski definition) is 5. The first-order valence-electron chi connectivity index (χ1n) is 12.3. The molecule has 35 heavy (non-hydrogen) atoms. The Kier molecular flexibility index (Phi) is 6.23. The summed E-state index contributed by atoms with van der Waals surface area (Å²) in [5.74, 6) is 1.68. The lowest BCUT2D eigenvalue weighted by atomic mass is 9.87. The van der Waals surface area contributed by atoms with Gasteiger partial charge in [-0.1, -0.05) is 19.9 Å². The van der Waals surface area contributed by atoms with Crippen molar-refractivity contribution in [1.82, 2.24) is 29.4 Å². The van der Waals surface area contributed by atoms with E-state index in [-0.39, 0.29) is 5.91 Å². The van der Waals surface area contributed by atoms with E-state index in [0.29, 0.717) is 24.3 Å². The highest BCUT2D eigenvalue weighted by molar-refractivity contribution is 5.92. The zero-order valence-electron chi connectivity index (χ0n) is 21.2. The molecular weight excluding hydrogens is 440 g/mol. The number of carbonyl (C=O) groups is 1. The molecular formula is C27H34N6O2. The van der Waals surface area contributed by atoms with Crippen molar-refractivity contribution < 1.29 is 9.53 Å². The first kappa shape index (κ1) is 23.4. The van der Waals surface area contributed by atoms with E-state index in [1.807, 2.05) is 20.2 Å². The van der Waals surface area contributed by atoms with Crippen molar-refractivity contribution in [2.24, 2.45) is 0 Å². The first-order chi connectivity index (χ1) is 16.9. The van der Waals surface area contributed by atoms with Crippen LogP contribution in [0.15, 0.2) is 36.7 Å². The number of likely N-dealkylation sites (N-methyl/N-ethyl adjacent to an activating group) is 1. The van der Waals surface area contributed by atoms with Crippen LogP contribution in [0.5, 0.6) is 5.88 Å². The minimum absolute atomic E-state index is 0.173. The summed E-state index contributed by atoms with van der Waals surface area (Å²) in [5, 5.41) is 5.54. The molecule has 0 spiro atoms. The molecule has 1 N–H and O–H groups in total. The van der Waals surface area contributed by atoms with E-state index in [9.17, 15) is 4.79 Å². The van der Waals surface area contributed by atoms with Gasteiger partial charge in [-0.3, -0.25) is 9.69 Å². The van der Waals surface area contributed by atoms with Crippen LogP contribution in [0.1, 0.15) is 49.7 Å². The van der Waals surface area contributed by atoms with Gasteiger partial charge in [0.05, 0.1) is 19.3 Å². The van der Waals surface area contributed by atoms with E-state index >= 15 is 0 Å². The molecule has 8 nitrogen and oxygen atoms in total. The number of likely N-dealkylation sites (tertiary alicyclic amines) is 1. The summed E-state index contributed by atoms with van der Waals surface area (Å²) in [4.78, 5) is 24.1. The number of pyridine rings is 1. The van der Waals surface area contributed by atoms with Gasteiger partial charge in [-0.05, 0) is 67.1 Å². The Bertz CT molecular complexity index is 1360. The molecule has 1 aromatic carbocycles. The van der Waals surface area contributed by atoms with Crippen LogP contribution in [-0.2, 0) is 4.79 Å². The molecule has 1 amide bonds. The van der Waals surface area contributed by atoms with Gasteiger partial charge in [0.25, 0.3) is 0 Å². The maximum atomic E-state index is 12.1. The van der Waals surface area contributed by atoms with Crippen LogP contribution in [0.3, 0.4) is 0 Å². The molecule has 0 saturated carbocycles. The van der Waals surface area contributed by atoms with Crippen LogP contribution >= 0.6 is 0 Å². The van der Waals surface area contributed by atoms with Gasteiger partial charge < -0.3 is 14.6 Å². The molecule has 0 radical (unpaired) electrons. The monoisotopic (exact) mass is 474 g/mol. The molecule has 1 aliphatic heterocycles. The molecule has 8 heteroatoms. The van der Waals surface area contributed by atoms with Gasteiger partial charge in [-0.15, -0.1) is 0 Å². The second-order valence-corrected chi connectivity index (χ2v) is 10.0. The molecule has 1 saturated heterocycles. The van der Waals surface area contributed by atoms with E-state index in [1.54, 1.807) is 22.9 Å². The molecule has 0 bridgehead atoms. The van der Waals surface area contributed by atoms with Crippen LogP contribution in [-0.4, -0.2) is 76.1 Å². The minimum atomic E-state index is 0.173. The maximum absolute atomic E-state index is 12.1. The number of amides is 1. The fraction of sp³-hybridized carbons (Fsp3) is 0.444. The number of aromatic nitrogens is 4. The first-order valence-corrected chi connectivity index (χ1v) is 12.3. The summed E-state index contributed by atoms with van der Waals surface area (Å²) >= 11 is 0. The normalized spacial score (nSPS) is 15.4. The summed E-state index contributed by atoms with van der Waals surface area (Å²) in [6, 6.07) is 10.9. The molecule has 0 atom stereocenters. The number of nitrogens with one attached hydrogen (secondary N) is 1. The van der Waals surface area contributed by atoms with E-state index in [4.69, 9.17) is 4.74 Å². The highest BCUT2D eigenvalue weighted by atomic mass is 16.5. The fourth-order valence-corrected chi connectivity index (χ4v) is 5.25. The van der Waals surface area contributed by atoms with Crippen molar-refractivity contribution in [3.05, 3.63) is 47.8 Å². The smallest absolute Gasteiger partial charge is 0.236 e. The summed E-state index contributed by atoms with van der Waals surface area (Å²) in [6.45, 7) is 6.90. The van der Waals surface area contributed by atoms with E-state index < -0.39 is 0 Å². The van der Waals surface area contributed by atoms with Crippen molar-refractivity contribution in [2.75, 3.05) is 40.8 Å². The zero-order valence-corrected chi connectivity index (χ0v) is 21.2. The molecule has 0 aliphatic carbocycles. The standard InChI is InChI=1S/C27H34N6O2/c1-17(2)26-21-12-19(18-8-10-32(11-9-18)15-24(34)31(3)4)6-7-22(21)30-27(26)20-13-23-28-16-29-33(23)25(14-20)35-5/h6-7,12-14,16-18,30H,8-11,15H2,1-5H3. The Labute approximate surface area is 205 Å². The van der Waals surface area contributed by atoms with E-state index in [0.717, 1.165) is 48.4 Å². The van der Waals surface area contributed by atoms with Crippen molar-refractivity contribution in [3.8, 4) is 17.1 Å². The van der Waals surface area contributed by atoms with Crippen LogP contribution in [0, 0.1) is 0 Å². The summed E-state index contributed by atoms with van der Waals surface area (Å²) in [7, 11) is 5.30. The zero-order chi connectivity index (χ0) is 24.7. The van der Waals surface area contributed by atoms with Gasteiger partial charge in [-0.25, -0.2) is 4.98 Å². The van der Waals surface area contributed by atoms with Crippen molar-refractivity contribution in [1.29, 1.82) is 0 Å². The van der Waals surface area contributed by atoms with Gasteiger partial charge in [0.2, 0.25) is 11.8 Å². The lowest BCUT2D eigenvalue weighted by Gasteiger charge is -2.32. The van der Waals surface area contributed by atoms with Crippen molar-refractivity contribution >= 4 is 22.5 Å². The number of H-pyrrole nitrogens is 1. The number of rotatable bonds is 6. The van der Waals surface area contributed by atoms with Gasteiger partial charge >= 0.3 is 0 Å². The van der Waals surface area contributed by atoms with Crippen molar-refractivity contribution in [2.45, 2.75) is 38.5 Å². The number of piperidine rings is 1. The van der Waals surface area contributed by atoms with Crippen LogP contribution in [0.25, 0.3) is 27.8 Å². The second-order valence-electron chi connectivity index (χ2n) is 10.0.